The normalized spacial score (nSPS) is 16.9. The number of ketones is 1. The molecule has 1 aromatic heterocycles. The van der Waals surface area contributed by atoms with Crippen molar-refractivity contribution in [2.45, 2.75) is 15.1 Å². The fraction of sp³-hybridized carbons (Fsp3) is 0.0385. The number of anilines is 1. The maximum atomic E-state index is 13.3. The van der Waals surface area contributed by atoms with Crippen molar-refractivity contribution < 1.29 is 28.0 Å². The van der Waals surface area contributed by atoms with E-state index in [-0.39, 0.29) is 31.1 Å². The Labute approximate surface area is 240 Å². The summed E-state index contributed by atoms with van der Waals surface area (Å²) >= 11 is 12.6. The molecule has 1 N–H and O–H groups in total. The van der Waals surface area contributed by atoms with Crippen LogP contribution in [0.3, 0.4) is 0 Å². The van der Waals surface area contributed by atoms with Crippen molar-refractivity contribution in [2.24, 2.45) is 0 Å². The van der Waals surface area contributed by atoms with Crippen LogP contribution in [0.1, 0.15) is 17.2 Å². The molecule has 0 spiro atoms. The standard InChI is InChI=1S/C26H15Cl2N3O7S2/c27-16-5-1-14(2-6-16)22-21(23(32)15-3-7-17(28)8-4-15)24(33)25(34)30(22)26-29-13-20(39-26)40(37,38)19-11-9-18(10-12-19)31(35)36/h1-13,22,32H/b23-21+. The number of Topliss-reactive ketones (excluding diaryl/α,β-unsaturated/α-hetero) is 1. The fourth-order valence-corrected chi connectivity index (χ4v) is 6.90. The number of hydrogen-bond acceptors (Lipinski definition) is 9. The van der Waals surface area contributed by atoms with Crippen molar-refractivity contribution in [2.75, 3.05) is 4.90 Å². The highest BCUT2D eigenvalue weighted by Crippen LogP contribution is 2.44. The van der Waals surface area contributed by atoms with Gasteiger partial charge >= 0.3 is 5.91 Å². The summed E-state index contributed by atoms with van der Waals surface area (Å²) in [5, 5.41) is 22.8. The van der Waals surface area contributed by atoms with Gasteiger partial charge < -0.3 is 5.11 Å². The summed E-state index contributed by atoms with van der Waals surface area (Å²) in [4.78, 5) is 41.8. The van der Waals surface area contributed by atoms with Crippen LogP contribution in [-0.4, -0.2) is 35.1 Å². The molecule has 3 aromatic carbocycles. The molecule has 1 fully saturated rings. The molecule has 1 amide bonds. The topological polar surface area (TPSA) is 148 Å². The molecule has 1 unspecified atom stereocenters. The molecule has 0 saturated carbocycles. The van der Waals surface area contributed by atoms with E-state index in [0.717, 1.165) is 35.4 Å². The molecule has 10 nitrogen and oxygen atoms in total. The number of carbonyl (C=O) groups is 2. The summed E-state index contributed by atoms with van der Waals surface area (Å²) in [6.45, 7) is 0. The van der Waals surface area contributed by atoms with Crippen molar-refractivity contribution in [1.82, 2.24) is 4.98 Å². The average molecular weight is 616 g/mol. The average Bonchev–Trinajstić information content (AvgIpc) is 3.53. The largest absolute Gasteiger partial charge is 0.507 e. The number of carbonyl (C=O) groups excluding carboxylic acids is 2. The third kappa shape index (κ3) is 4.86. The second-order valence-electron chi connectivity index (χ2n) is 8.44. The molecule has 2 heterocycles. The quantitative estimate of drug-likeness (QED) is 0.0938. The van der Waals surface area contributed by atoms with Crippen molar-refractivity contribution in [1.29, 1.82) is 0 Å². The van der Waals surface area contributed by atoms with Gasteiger partial charge in [-0.25, -0.2) is 13.4 Å². The van der Waals surface area contributed by atoms with Gasteiger partial charge in [0.2, 0.25) is 9.84 Å². The van der Waals surface area contributed by atoms with Gasteiger partial charge in [-0.3, -0.25) is 24.6 Å². The second kappa shape index (κ2) is 10.5. The number of amides is 1. The minimum Gasteiger partial charge on any atom is -0.507 e. The molecule has 0 aliphatic carbocycles. The molecule has 1 saturated heterocycles. The Morgan fingerprint density at radius 1 is 0.950 bits per heavy atom. The number of non-ortho nitro benzene ring substituents is 1. The van der Waals surface area contributed by atoms with Gasteiger partial charge in [-0.15, -0.1) is 0 Å². The molecular weight excluding hydrogens is 601 g/mol. The van der Waals surface area contributed by atoms with Crippen LogP contribution in [0, 0.1) is 10.1 Å². The number of thiazole rings is 1. The van der Waals surface area contributed by atoms with Gasteiger partial charge in [0.1, 0.15) is 9.97 Å². The lowest BCUT2D eigenvalue weighted by molar-refractivity contribution is -0.384. The zero-order valence-electron chi connectivity index (χ0n) is 19.9. The zero-order valence-corrected chi connectivity index (χ0v) is 23.0. The van der Waals surface area contributed by atoms with Crippen LogP contribution < -0.4 is 4.90 Å². The number of benzene rings is 3. The highest BCUT2D eigenvalue weighted by molar-refractivity contribution is 7.93. The highest BCUT2D eigenvalue weighted by atomic mass is 35.5. The summed E-state index contributed by atoms with van der Waals surface area (Å²) in [6, 6.07) is 15.4. The molecule has 1 atom stereocenters. The number of nitro benzene ring substituents is 1. The first-order valence-corrected chi connectivity index (χ1v) is 14.3. The molecule has 5 rings (SSSR count). The number of aromatic nitrogens is 1. The van der Waals surface area contributed by atoms with E-state index in [4.69, 9.17) is 23.2 Å². The van der Waals surface area contributed by atoms with Crippen LogP contribution in [0.15, 0.2) is 93.7 Å². The number of sulfone groups is 1. The van der Waals surface area contributed by atoms with Crippen molar-refractivity contribution >= 4 is 72.6 Å². The van der Waals surface area contributed by atoms with Crippen molar-refractivity contribution in [3.63, 3.8) is 0 Å². The monoisotopic (exact) mass is 615 g/mol. The maximum absolute atomic E-state index is 13.3. The van der Waals surface area contributed by atoms with E-state index in [2.05, 4.69) is 4.98 Å². The Morgan fingerprint density at radius 2 is 1.52 bits per heavy atom. The number of hydrogen-bond donors (Lipinski definition) is 1. The van der Waals surface area contributed by atoms with E-state index in [1.54, 1.807) is 24.3 Å². The van der Waals surface area contributed by atoms with Gasteiger partial charge in [-0.2, -0.15) is 0 Å². The number of nitro groups is 1. The lowest BCUT2D eigenvalue weighted by atomic mass is 9.95. The third-order valence-corrected chi connectivity index (χ3v) is 9.78. The van der Waals surface area contributed by atoms with Crippen LogP contribution in [0.25, 0.3) is 5.76 Å². The predicted molar refractivity (Wildman–Crippen MR) is 148 cm³/mol. The lowest BCUT2D eigenvalue weighted by Gasteiger charge is -2.23. The summed E-state index contributed by atoms with van der Waals surface area (Å²) in [5.41, 5.74) is 0.136. The summed E-state index contributed by atoms with van der Waals surface area (Å²) < 4.78 is 26.2. The molecule has 14 heteroatoms. The molecule has 1 aliphatic heterocycles. The molecule has 1 aliphatic rings. The fourth-order valence-electron chi connectivity index (χ4n) is 4.10. The molecule has 0 radical (unpaired) electrons. The van der Waals surface area contributed by atoms with Gasteiger partial charge in [0.25, 0.3) is 11.5 Å². The third-order valence-electron chi connectivity index (χ3n) is 6.05. The predicted octanol–water partition coefficient (Wildman–Crippen LogP) is 5.82. The van der Waals surface area contributed by atoms with Crippen molar-refractivity contribution in [3.05, 3.63) is 116 Å². The van der Waals surface area contributed by atoms with E-state index in [1.165, 1.54) is 24.3 Å². The number of nitrogens with zero attached hydrogens (tertiary/aromatic N) is 3. The number of aliphatic hydroxyl groups is 1. The van der Waals surface area contributed by atoms with E-state index >= 15 is 0 Å². The van der Waals surface area contributed by atoms with E-state index in [9.17, 15) is 33.2 Å². The number of rotatable bonds is 6. The first-order chi connectivity index (χ1) is 19.0. The number of halogens is 2. The van der Waals surface area contributed by atoms with E-state index < -0.39 is 38.3 Å². The van der Waals surface area contributed by atoms with Crippen LogP contribution in [0.4, 0.5) is 10.8 Å². The Hall–Kier alpha value is -4.10. The minimum absolute atomic E-state index is 0.113. The molecule has 0 bridgehead atoms. The Bertz CT molecular complexity index is 1800. The highest BCUT2D eigenvalue weighted by Gasteiger charge is 2.48. The first-order valence-electron chi connectivity index (χ1n) is 11.3. The number of aliphatic hydroxyl groups excluding tert-OH is 1. The maximum Gasteiger partial charge on any atom is 0.301 e. The Balaban J connectivity index is 1.62. The van der Waals surface area contributed by atoms with Gasteiger partial charge in [-0.05, 0) is 54.1 Å². The van der Waals surface area contributed by atoms with Crippen LogP contribution in [-0.2, 0) is 19.4 Å². The summed E-state index contributed by atoms with van der Waals surface area (Å²) in [7, 11) is -4.17. The van der Waals surface area contributed by atoms with Gasteiger partial charge in [0.05, 0.1) is 27.6 Å². The SMILES string of the molecule is O=C1C(=O)N(c2ncc(S(=O)(=O)c3ccc([N+](=O)[O-])cc3)s2)C(c2ccc(Cl)cc2)/C1=C(\O)c1ccc(Cl)cc1. The molecule has 40 heavy (non-hydrogen) atoms. The molecule has 202 valence electrons. The Kier molecular flexibility index (Phi) is 7.19. The zero-order chi connectivity index (χ0) is 28.8. The van der Waals surface area contributed by atoms with Gasteiger partial charge in [0.15, 0.2) is 5.13 Å². The minimum atomic E-state index is -4.17. The molecule has 4 aromatic rings. The smallest absolute Gasteiger partial charge is 0.301 e. The van der Waals surface area contributed by atoms with E-state index in [1.807, 2.05) is 0 Å². The van der Waals surface area contributed by atoms with Crippen LogP contribution in [0.5, 0.6) is 0 Å². The van der Waals surface area contributed by atoms with E-state index in [0.29, 0.717) is 26.9 Å². The Morgan fingerprint density at radius 3 is 2.10 bits per heavy atom. The second-order valence-corrected chi connectivity index (χ2v) is 12.5. The van der Waals surface area contributed by atoms with Crippen LogP contribution >= 0.6 is 34.5 Å². The van der Waals surface area contributed by atoms with Gasteiger partial charge in [-0.1, -0.05) is 46.7 Å². The van der Waals surface area contributed by atoms with Crippen LogP contribution in [0.2, 0.25) is 10.0 Å². The van der Waals surface area contributed by atoms with Crippen molar-refractivity contribution in [3.8, 4) is 0 Å². The van der Waals surface area contributed by atoms with Gasteiger partial charge in [0, 0.05) is 27.7 Å². The summed E-state index contributed by atoms with van der Waals surface area (Å²) in [5.74, 6) is -2.47. The lowest BCUT2D eigenvalue weighted by Crippen LogP contribution is -2.29. The molecular formula is C26H15Cl2N3O7S2. The summed E-state index contributed by atoms with van der Waals surface area (Å²) in [6.07, 6.45) is 1.04. The first kappa shape index (κ1) is 27.5.